The number of carboxylic acids is 1. The number of carboxylic acid groups (broad SMARTS) is 1. The third kappa shape index (κ3) is 8.84. The highest BCUT2D eigenvalue weighted by Crippen LogP contribution is 2.37. The molecule has 4 N–H and O–H groups in total. The van der Waals surface area contributed by atoms with E-state index in [0.29, 0.717) is 12.8 Å². The highest BCUT2D eigenvalue weighted by Gasteiger charge is 2.39. The zero-order chi connectivity index (χ0) is 18.7. The summed E-state index contributed by atoms with van der Waals surface area (Å²) in [6.45, 7) is 2.13. The van der Waals surface area contributed by atoms with Crippen LogP contribution in [0.2, 0.25) is 0 Å². The average Bonchev–Trinajstić information content (AvgIpc) is 2.82. The van der Waals surface area contributed by atoms with Gasteiger partial charge in [0.15, 0.2) is 0 Å². The van der Waals surface area contributed by atoms with Gasteiger partial charge in [-0.25, -0.2) is 0 Å². The number of aliphatic carboxylic acids is 1. The topological polar surface area (TPSA) is 98.0 Å². The lowest BCUT2D eigenvalue weighted by Crippen LogP contribution is -2.21. The molecule has 0 bridgehead atoms. The molecule has 5 nitrogen and oxygen atoms in total. The molecule has 0 spiro atoms. The highest BCUT2D eigenvalue weighted by molar-refractivity contribution is 5.66. The van der Waals surface area contributed by atoms with Crippen LogP contribution >= 0.6 is 0 Å². The quantitative estimate of drug-likeness (QED) is 0.300. The second kappa shape index (κ2) is 12.4. The third-order valence-electron chi connectivity index (χ3n) is 5.25. The molecule has 0 heterocycles. The van der Waals surface area contributed by atoms with Gasteiger partial charge in [0.25, 0.3) is 0 Å². The van der Waals surface area contributed by atoms with Crippen LogP contribution in [-0.2, 0) is 4.79 Å². The van der Waals surface area contributed by atoms with E-state index in [1.165, 1.54) is 0 Å². The standard InChI is InChI=1S/C20H36O5/c1-2-3-6-9-15(21)12-13-17-16(18(22)14-19(17)23)10-7-4-5-8-11-20(24)25/h12-13,15-19,21-23H,2-11,14H2,1H3,(H,24,25)/b13-12+/t15-,16+,17-,18+,19-/m1/s1. The predicted molar refractivity (Wildman–Crippen MR) is 98.2 cm³/mol. The second-order valence-corrected chi connectivity index (χ2v) is 7.41. The Bertz CT molecular complexity index is 396. The summed E-state index contributed by atoms with van der Waals surface area (Å²) >= 11 is 0. The Morgan fingerprint density at radius 2 is 1.80 bits per heavy atom. The van der Waals surface area contributed by atoms with E-state index in [1.54, 1.807) is 6.08 Å². The van der Waals surface area contributed by atoms with E-state index < -0.39 is 24.3 Å². The van der Waals surface area contributed by atoms with Crippen LogP contribution in [0.15, 0.2) is 12.2 Å². The first-order valence-electron chi connectivity index (χ1n) is 9.90. The van der Waals surface area contributed by atoms with Gasteiger partial charge in [-0.05, 0) is 25.2 Å². The molecule has 1 saturated carbocycles. The van der Waals surface area contributed by atoms with Crippen LogP contribution in [0.4, 0.5) is 0 Å². The van der Waals surface area contributed by atoms with E-state index in [-0.39, 0.29) is 18.3 Å². The Balaban J connectivity index is 2.38. The number of hydrogen-bond acceptors (Lipinski definition) is 4. The van der Waals surface area contributed by atoms with Crippen molar-refractivity contribution in [2.45, 2.75) is 95.9 Å². The maximum atomic E-state index is 10.5. The third-order valence-corrected chi connectivity index (χ3v) is 5.25. The van der Waals surface area contributed by atoms with Gasteiger partial charge in [-0.15, -0.1) is 0 Å². The number of hydrogen-bond donors (Lipinski definition) is 4. The molecular weight excluding hydrogens is 320 g/mol. The van der Waals surface area contributed by atoms with Gasteiger partial charge in [-0.3, -0.25) is 4.79 Å². The molecule has 0 aliphatic heterocycles. The maximum absolute atomic E-state index is 10.5. The van der Waals surface area contributed by atoms with Gasteiger partial charge < -0.3 is 20.4 Å². The molecule has 0 unspecified atom stereocenters. The van der Waals surface area contributed by atoms with Gasteiger partial charge in [0.1, 0.15) is 0 Å². The van der Waals surface area contributed by atoms with Crippen LogP contribution in [0.25, 0.3) is 0 Å². The Labute approximate surface area is 151 Å². The van der Waals surface area contributed by atoms with Gasteiger partial charge in [0.05, 0.1) is 18.3 Å². The van der Waals surface area contributed by atoms with Crippen LogP contribution in [0.1, 0.15) is 77.6 Å². The zero-order valence-electron chi connectivity index (χ0n) is 15.5. The number of aliphatic hydroxyl groups excluding tert-OH is 3. The molecular formula is C20H36O5. The molecule has 0 saturated heterocycles. The van der Waals surface area contributed by atoms with Crippen molar-refractivity contribution in [1.82, 2.24) is 0 Å². The van der Waals surface area contributed by atoms with Crippen LogP contribution in [0.3, 0.4) is 0 Å². The lowest BCUT2D eigenvalue weighted by atomic mass is 9.88. The summed E-state index contributed by atoms with van der Waals surface area (Å²) in [5.74, 6) is -0.833. The first-order chi connectivity index (χ1) is 12.0. The molecule has 1 aliphatic carbocycles. The summed E-state index contributed by atoms with van der Waals surface area (Å²) in [7, 11) is 0. The van der Waals surface area contributed by atoms with Crippen molar-refractivity contribution in [3.8, 4) is 0 Å². The summed E-state index contributed by atoms with van der Waals surface area (Å²) in [5, 5.41) is 39.0. The largest absolute Gasteiger partial charge is 0.481 e. The minimum absolute atomic E-state index is 0.0218. The smallest absolute Gasteiger partial charge is 0.303 e. The van der Waals surface area contributed by atoms with E-state index in [9.17, 15) is 20.1 Å². The van der Waals surface area contributed by atoms with E-state index in [1.807, 2.05) is 6.08 Å². The molecule has 25 heavy (non-hydrogen) atoms. The Morgan fingerprint density at radius 1 is 1.08 bits per heavy atom. The molecule has 1 rings (SSSR count). The summed E-state index contributed by atoms with van der Waals surface area (Å²) in [4.78, 5) is 10.5. The SMILES string of the molecule is CCCCC[C@@H](O)/C=C/[C@@H]1[C@H](CCCCCCC(=O)O)[C@@H](O)C[C@H]1O. The number of unbranched alkanes of at least 4 members (excludes halogenated alkanes) is 5. The molecule has 0 aromatic heterocycles. The average molecular weight is 357 g/mol. The fourth-order valence-corrected chi connectivity index (χ4v) is 3.74. The minimum atomic E-state index is -0.753. The molecule has 0 aromatic carbocycles. The van der Waals surface area contributed by atoms with E-state index in [2.05, 4.69) is 6.92 Å². The molecule has 146 valence electrons. The molecule has 0 radical (unpaired) electrons. The Morgan fingerprint density at radius 3 is 2.48 bits per heavy atom. The lowest BCUT2D eigenvalue weighted by molar-refractivity contribution is -0.137. The fourth-order valence-electron chi connectivity index (χ4n) is 3.74. The monoisotopic (exact) mass is 356 g/mol. The van der Waals surface area contributed by atoms with E-state index in [4.69, 9.17) is 5.11 Å². The molecule has 0 aromatic rings. The molecule has 5 heteroatoms. The number of aliphatic hydroxyl groups is 3. The van der Waals surface area contributed by atoms with Crippen molar-refractivity contribution >= 4 is 5.97 Å². The first-order valence-corrected chi connectivity index (χ1v) is 9.90. The number of rotatable bonds is 13. The summed E-state index contributed by atoms with van der Waals surface area (Å²) < 4.78 is 0. The molecule has 0 amide bonds. The van der Waals surface area contributed by atoms with Crippen LogP contribution in [0.5, 0.6) is 0 Å². The van der Waals surface area contributed by atoms with Crippen LogP contribution in [0, 0.1) is 11.8 Å². The minimum Gasteiger partial charge on any atom is -0.481 e. The summed E-state index contributed by atoms with van der Waals surface area (Å²) in [6.07, 6.45) is 11.0. The Hall–Kier alpha value is -0.910. The van der Waals surface area contributed by atoms with Crippen LogP contribution in [-0.4, -0.2) is 44.7 Å². The van der Waals surface area contributed by atoms with Gasteiger partial charge in [-0.2, -0.15) is 0 Å². The van der Waals surface area contributed by atoms with Crippen molar-refractivity contribution in [3.63, 3.8) is 0 Å². The summed E-state index contributed by atoms with van der Waals surface area (Å²) in [5.41, 5.74) is 0. The van der Waals surface area contributed by atoms with Crippen molar-refractivity contribution in [2.75, 3.05) is 0 Å². The van der Waals surface area contributed by atoms with Gasteiger partial charge in [0.2, 0.25) is 0 Å². The second-order valence-electron chi connectivity index (χ2n) is 7.41. The van der Waals surface area contributed by atoms with E-state index in [0.717, 1.165) is 51.4 Å². The maximum Gasteiger partial charge on any atom is 0.303 e. The van der Waals surface area contributed by atoms with Gasteiger partial charge in [-0.1, -0.05) is 57.6 Å². The van der Waals surface area contributed by atoms with Crippen molar-refractivity contribution in [3.05, 3.63) is 12.2 Å². The van der Waals surface area contributed by atoms with Crippen molar-refractivity contribution < 1.29 is 25.2 Å². The van der Waals surface area contributed by atoms with E-state index >= 15 is 0 Å². The highest BCUT2D eigenvalue weighted by atomic mass is 16.4. The first kappa shape index (κ1) is 22.1. The zero-order valence-corrected chi connectivity index (χ0v) is 15.5. The van der Waals surface area contributed by atoms with Gasteiger partial charge >= 0.3 is 5.97 Å². The molecule has 1 aliphatic rings. The molecule has 1 fully saturated rings. The fraction of sp³-hybridized carbons (Fsp3) is 0.850. The predicted octanol–water partition coefficient (Wildman–Crippen LogP) is 3.27. The normalized spacial score (nSPS) is 27.8. The van der Waals surface area contributed by atoms with Crippen molar-refractivity contribution in [1.29, 1.82) is 0 Å². The van der Waals surface area contributed by atoms with Gasteiger partial charge in [0, 0.05) is 18.8 Å². The Kier molecular flexibility index (Phi) is 11.0. The molecule has 5 atom stereocenters. The van der Waals surface area contributed by atoms with Crippen molar-refractivity contribution in [2.24, 2.45) is 11.8 Å². The lowest BCUT2D eigenvalue weighted by Gasteiger charge is -2.21. The summed E-state index contributed by atoms with van der Waals surface area (Å²) in [6, 6.07) is 0. The van der Waals surface area contributed by atoms with Crippen LogP contribution < -0.4 is 0 Å². The number of carbonyl (C=O) groups is 1.